The molecular formula is C13H12N4O4S. The monoisotopic (exact) mass is 320 g/mol. The first kappa shape index (κ1) is 15.6. The summed E-state index contributed by atoms with van der Waals surface area (Å²) in [5.74, 6) is 0. The van der Waals surface area contributed by atoms with Crippen LogP contribution < -0.4 is 5.43 Å². The van der Waals surface area contributed by atoms with E-state index in [1.807, 2.05) is 18.4 Å². The molecule has 0 saturated heterocycles. The molecule has 1 aromatic carbocycles. The van der Waals surface area contributed by atoms with Crippen LogP contribution in [-0.4, -0.2) is 16.1 Å². The van der Waals surface area contributed by atoms with Crippen LogP contribution in [0, 0.1) is 20.2 Å². The van der Waals surface area contributed by atoms with E-state index < -0.39 is 15.5 Å². The number of aryl methyl sites for hydroxylation is 1. The second-order valence-electron chi connectivity index (χ2n) is 4.29. The molecule has 2 aromatic rings. The standard InChI is InChI=1S/C13H12N4O4S/c1-2-11-5-9(8-22-11)7-14-15-12-4-3-10(16(18)19)6-13(12)17(20)21/h3-8,15H,2H2,1H3/b14-7+. The van der Waals surface area contributed by atoms with Crippen LogP contribution in [0.2, 0.25) is 0 Å². The van der Waals surface area contributed by atoms with E-state index in [-0.39, 0.29) is 11.4 Å². The number of nitro benzene ring substituents is 2. The predicted octanol–water partition coefficient (Wildman–Crippen LogP) is 3.57. The van der Waals surface area contributed by atoms with E-state index in [2.05, 4.69) is 10.5 Å². The van der Waals surface area contributed by atoms with E-state index in [9.17, 15) is 20.2 Å². The Bertz CT molecular complexity index is 741. The molecule has 9 heteroatoms. The highest BCUT2D eigenvalue weighted by Gasteiger charge is 2.18. The van der Waals surface area contributed by atoms with Gasteiger partial charge in [-0.25, -0.2) is 0 Å². The molecule has 2 rings (SSSR count). The maximum atomic E-state index is 11.0. The fourth-order valence-corrected chi connectivity index (χ4v) is 2.49. The number of hydrazone groups is 1. The van der Waals surface area contributed by atoms with E-state index in [0.29, 0.717) is 0 Å². The number of nitrogens with zero attached hydrogens (tertiary/aromatic N) is 3. The lowest BCUT2D eigenvalue weighted by atomic mass is 10.2. The fraction of sp³-hybridized carbons (Fsp3) is 0.154. The molecule has 1 N–H and O–H groups in total. The zero-order valence-electron chi connectivity index (χ0n) is 11.6. The lowest BCUT2D eigenvalue weighted by Gasteiger charge is -2.01. The van der Waals surface area contributed by atoms with Crippen molar-refractivity contribution in [2.75, 3.05) is 5.43 Å². The number of nitrogens with one attached hydrogen (secondary N) is 1. The molecule has 0 aliphatic carbocycles. The second kappa shape index (κ2) is 6.76. The Labute approximate surface area is 129 Å². The number of rotatable bonds is 6. The molecule has 0 radical (unpaired) electrons. The lowest BCUT2D eigenvalue weighted by Crippen LogP contribution is -1.98. The van der Waals surface area contributed by atoms with Gasteiger partial charge in [-0.3, -0.25) is 25.7 Å². The fourth-order valence-electron chi connectivity index (χ4n) is 1.71. The highest BCUT2D eigenvalue weighted by Crippen LogP contribution is 2.28. The van der Waals surface area contributed by atoms with Crippen molar-refractivity contribution in [3.63, 3.8) is 0 Å². The van der Waals surface area contributed by atoms with Gasteiger partial charge in [0.25, 0.3) is 5.69 Å². The number of benzene rings is 1. The van der Waals surface area contributed by atoms with Crippen LogP contribution in [-0.2, 0) is 6.42 Å². The average Bonchev–Trinajstić information content (AvgIpc) is 2.95. The van der Waals surface area contributed by atoms with Crippen LogP contribution in [0.15, 0.2) is 34.7 Å². The van der Waals surface area contributed by atoms with Gasteiger partial charge < -0.3 is 0 Å². The Kier molecular flexibility index (Phi) is 4.79. The van der Waals surface area contributed by atoms with Gasteiger partial charge in [0.2, 0.25) is 0 Å². The molecule has 8 nitrogen and oxygen atoms in total. The summed E-state index contributed by atoms with van der Waals surface area (Å²) in [4.78, 5) is 21.5. The van der Waals surface area contributed by atoms with Crippen molar-refractivity contribution in [1.82, 2.24) is 0 Å². The highest BCUT2D eigenvalue weighted by molar-refractivity contribution is 7.10. The Morgan fingerprint density at radius 2 is 2.05 bits per heavy atom. The van der Waals surface area contributed by atoms with E-state index in [1.165, 1.54) is 17.0 Å². The summed E-state index contributed by atoms with van der Waals surface area (Å²) in [6.07, 6.45) is 2.47. The molecular weight excluding hydrogens is 308 g/mol. The molecule has 0 saturated carbocycles. The van der Waals surface area contributed by atoms with Gasteiger partial charge in [0, 0.05) is 16.5 Å². The highest BCUT2D eigenvalue weighted by atomic mass is 32.1. The van der Waals surface area contributed by atoms with Gasteiger partial charge in [-0.05, 0) is 23.9 Å². The molecule has 0 aliphatic rings. The normalized spacial score (nSPS) is 10.8. The maximum absolute atomic E-state index is 11.0. The summed E-state index contributed by atoms with van der Waals surface area (Å²) >= 11 is 1.61. The minimum Gasteiger partial charge on any atom is -0.272 e. The van der Waals surface area contributed by atoms with Crippen LogP contribution in [0.3, 0.4) is 0 Å². The lowest BCUT2D eigenvalue weighted by molar-refractivity contribution is -0.393. The Morgan fingerprint density at radius 1 is 1.27 bits per heavy atom. The van der Waals surface area contributed by atoms with E-state index in [4.69, 9.17) is 0 Å². The van der Waals surface area contributed by atoms with E-state index in [1.54, 1.807) is 17.6 Å². The van der Waals surface area contributed by atoms with Crippen LogP contribution in [0.25, 0.3) is 0 Å². The van der Waals surface area contributed by atoms with Crippen molar-refractivity contribution in [2.45, 2.75) is 13.3 Å². The van der Waals surface area contributed by atoms with Crippen molar-refractivity contribution in [3.8, 4) is 0 Å². The number of hydrogen-bond acceptors (Lipinski definition) is 7. The Balaban J connectivity index is 2.18. The van der Waals surface area contributed by atoms with Gasteiger partial charge in [-0.15, -0.1) is 11.3 Å². The number of nitro groups is 2. The zero-order valence-corrected chi connectivity index (χ0v) is 12.4. The molecule has 114 valence electrons. The quantitative estimate of drug-likeness (QED) is 0.497. The molecule has 0 unspecified atom stereocenters. The van der Waals surface area contributed by atoms with Crippen LogP contribution in [0.5, 0.6) is 0 Å². The molecule has 0 fully saturated rings. The van der Waals surface area contributed by atoms with E-state index in [0.717, 1.165) is 18.1 Å². The summed E-state index contributed by atoms with van der Waals surface area (Å²) in [6.45, 7) is 2.05. The van der Waals surface area contributed by atoms with Crippen LogP contribution >= 0.6 is 11.3 Å². The molecule has 0 aliphatic heterocycles. The minimum absolute atomic E-state index is 0.0952. The van der Waals surface area contributed by atoms with Gasteiger partial charge in [-0.1, -0.05) is 6.92 Å². The third-order valence-electron chi connectivity index (χ3n) is 2.81. The Hall–Kier alpha value is -2.81. The molecule has 0 amide bonds. The zero-order chi connectivity index (χ0) is 16.1. The third-order valence-corrected chi connectivity index (χ3v) is 3.91. The second-order valence-corrected chi connectivity index (χ2v) is 5.28. The predicted molar refractivity (Wildman–Crippen MR) is 84.7 cm³/mol. The topological polar surface area (TPSA) is 111 Å². The van der Waals surface area contributed by atoms with Gasteiger partial charge >= 0.3 is 5.69 Å². The molecule has 1 aromatic heterocycles. The van der Waals surface area contributed by atoms with Crippen molar-refractivity contribution >= 4 is 34.6 Å². The summed E-state index contributed by atoms with van der Waals surface area (Å²) in [5, 5.41) is 27.5. The van der Waals surface area contributed by atoms with Gasteiger partial charge in [0.15, 0.2) is 0 Å². The van der Waals surface area contributed by atoms with Crippen LogP contribution in [0.4, 0.5) is 17.1 Å². The molecule has 0 spiro atoms. The summed E-state index contributed by atoms with van der Waals surface area (Å²) < 4.78 is 0. The van der Waals surface area contributed by atoms with Gasteiger partial charge in [0.1, 0.15) is 5.69 Å². The first-order valence-electron chi connectivity index (χ1n) is 6.30. The summed E-state index contributed by atoms with van der Waals surface area (Å²) in [5.41, 5.74) is 2.79. The largest absolute Gasteiger partial charge is 0.301 e. The summed E-state index contributed by atoms with van der Waals surface area (Å²) in [7, 11) is 0. The number of hydrogen-bond donors (Lipinski definition) is 1. The number of anilines is 1. The van der Waals surface area contributed by atoms with E-state index >= 15 is 0 Å². The number of thiophene rings is 1. The molecule has 0 atom stereocenters. The number of non-ortho nitro benzene ring substituents is 1. The molecule has 1 heterocycles. The van der Waals surface area contributed by atoms with Crippen LogP contribution in [0.1, 0.15) is 17.4 Å². The Morgan fingerprint density at radius 3 is 2.64 bits per heavy atom. The first-order valence-corrected chi connectivity index (χ1v) is 7.18. The van der Waals surface area contributed by atoms with Crippen molar-refractivity contribution in [2.24, 2.45) is 5.10 Å². The summed E-state index contributed by atoms with van der Waals surface area (Å²) in [6, 6.07) is 5.32. The maximum Gasteiger partial charge on any atom is 0.301 e. The van der Waals surface area contributed by atoms with Crippen molar-refractivity contribution in [1.29, 1.82) is 0 Å². The van der Waals surface area contributed by atoms with Crippen molar-refractivity contribution < 1.29 is 9.85 Å². The first-order chi connectivity index (χ1) is 10.5. The minimum atomic E-state index is -0.690. The van der Waals surface area contributed by atoms with Gasteiger partial charge in [0.05, 0.1) is 22.1 Å². The smallest absolute Gasteiger partial charge is 0.272 e. The molecule has 22 heavy (non-hydrogen) atoms. The van der Waals surface area contributed by atoms with Crippen molar-refractivity contribution in [3.05, 3.63) is 60.3 Å². The van der Waals surface area contributed by atoms with Gasteiger partial charge in [-0.2, -0.15) is 5.10 Å². The molecule has 0 bridgehead atoms. The third kappa shape index (κ3) is 3.64. The SMILES string of the molecule is CCc1cc(/C=N/Nc2ccc([N+](=O)[O-])cc2[N+](=O)[O-])cs1. The average molecular weight is 320 g/mol.